The molecule has 3 nitrogen and oxygen atoms in total. The number of fused-ring (bicyclic) bond motifs is 1. The molecule has 0 amide bonds. The van der Waals surface area contributed by atoms with Crippen LogP contribution in [0.3, 0.4) is 0 Å². The number of hydrogen-bond donors (Lipinski definition) is 2. The zero-order valence-corrected chi connectivity index (χ0v) is 19.3. The van der Waals surface area contributed by atoms with E-state index in [0.29, 0.717) is 0 Å². The molecular weight excluding hydrogens is 366 g/mol. The second-order valence-corrected chi connectivity index (χ2v) is 7.26. The summed E-state index contributed by atoms with van der Waals surface area (Å²) in [4.78, 5) is 2.26. The van der Waals surface area contributed by atoms with Crippen molar-refractivity contribution in [2.75, 3.05) is 18.4 Å². The van der Waals surface area contributed by atoms with Crippen molar-refractivity contribution in [3.05, 3.63) is 89.8 Å². The van der Waals surface area contributed by atoms with Crippen molar-refractivity contribution in [1.82, 2.24) is 10.2 Å². The average Bonchev–Trinajstić information content (AvgIpc) is 3.21. The first-order valence-corrected chi connectivity index (χ1v) is 11.1. The standard InChI is InChI=1S/C25H31N3.C2H6/c1-6-28(7-2)19(4)21-12-14-25(15-13-21)27-20(5)26-18(3)24-16-22-10-8-9-11-23(22)17-24;1-2/h8-16,18,26-27H,4-7,17H2,1-3H3;1-2H3. The highest BCUT2D eigenvalue weighted by atomic mass is 15.1. The van der Waals surface area contributed by atoms with E-state index in [1.165, 1.54) is 16.7 Å². The summed E-state index contributed by atoms with van der Waals surface area (Å²) in [5.41, 5.74) is 7.34. The lowest BCUT2D eigenvalue weighted by Crippen LogP contribution is -2.30. The van der Waals surface area contributed by atoms with Crippen LogP contribution in [0, 0.1) is 0 Å². The number of nitrogens with zero attached hydrogens (tertiary/aromatic N) is 1. The summed E-state index contributed by atoms with van der Waals surface area (Å²) >= 11 is 0. The molecule has 0 fully saturated rings. The van der Waals surface area contributed by atoms with Crippen LogP contribution in [0.1, 0.15) is 51.3 Å². The van der Waals surface area contributed by atoms with Crippen molar-refractivity contribution >= 4 is 17.5 Å². The normalized spacial score (nSPS) is 12.6. The Labute approximate surface area is 183 Å². The summed E-state index contributed by atoms with van der Waals surface area (Å²) in [6.45, 7) is 20.8. The minimum Gasteiger partial charge on any atom is -0.372 e. The van der Waals surface area contributed by atoms with Crippen LogP contribution in [-0.4, -0.2) is 24.0 Å². The summed E-state index contributed by atoms with van der Waals surface area (Å²) in [7, 11) is 0. The Kier molecular flexibility index (Phi) is 8.79. The van der Waals surface area contributed by atoms with E-state index >= 15 is 0 Å². The number of benzene rings is 2. The molecule has 30 heavy (non-hydrogen) atoms. The van der Waals surface area contributed by atoms with Gasteiger partial charge in [0.2, 0.25) is 0 Å². The van der Waals surface area contributed by atoms with Gasteiger partial charge in [0.1, 0.15) is 0 Å². The van der Waals surface area contributed by atoms with Crippen molar-refractivity contribution < 1.29 is 0 Å². The molecular formula is C27H37N3. The fraction of sp³-hybridized carbons (Fsp3) is 0.333. The Morgan fingerprint density at radius 2 is 1.63 bits per heavy atom. The Morgan fingerprint density at radius 3 is 2.23 bits per heavy atom. The highest BCUT2D eigenvalue weighted by Crippen LogP contribution is 2.27. The van der Waals surface area contributed by atoms with Gasteiger partial charge in [0.15, 0.2) is 0 Å². The molecule has 160 valence electrons. The molecule has 0 aromatic heterocycles. The van der Waals surface area contributed by atoms with Crippen molar-refractivity contribution in [2.45, 2.75) is 47.1 Å². The highest BCUT2D eigenvalue weighted by molar-refractivity contribution is 5.66. The molecule has 0 heterocycles. The summed E-state index contributed by atoms with van der Waals surface area (Å²) in [6.07, 6.45) is 3.29. The van der Waals surface area contributed by atoms with E-state index < -0.39 is 0 Å². The maximum Gasteiger partial charge on any atom is 0.0961 e. The minimum atomic E-state index is 0.231. The zero-order chi connectivity index (χ0) is 22.1. The second kappa shape index (κ2) is 11.3. The van der Waals surface area contributed by atoms with Gasteiger partial charge in [-0.25, -0.2) is 0 Å². The predicted octanol–water partition coefficient (Wildman–Crippen LogP) is 6.53. The lowest BCUT2D eigenvalue weighted by atomic mass is 10.1. The van der Waals surface area contributed by atoms with Crippen molar-refractivity contribution in [3.8, 4) is 0 Å². The first-order chi connectivity index (χ1) is 14.5. The molecule has 1 unspecified atom stereocenters. The molecule has 0 aliphatic heterocycles. The Hall–Kier alpha value is -2.94. The van der Waals surface area contributed by atoms with Crippen LogP contribution >= 0.6 is 0 Å². The third-order valence-corrected chi connectivity index (χ3v) is 5.40. The van der Waals surface area contributed by atoms with Gasteiger partial charge in [0.25, 0.3) is 0 Å². The smallest absolute Gasteiger partial charge is 0.0961 e. The summed E-state index contributed by atoms with van der Waals surface area (Å²) in [5, 5.41) is 6.84. The second-order valence-electron chi connectivity index (χ2n) is 7.26. The first-order valence-electron chi connectivity index (χ1n) is 11.1. The van der Waals surface area contributed by atoms with Crippen LogP contribution < -0.4 is 10.6 Å². The number of rotatable bonds is 9. The van der Waals surface area contributed by atoms with E-state index in [4.69, 9.17) is 0 Å². The van der Waals surface area contributed by atoms with Gasteiger partial charge in [-0.1, -0.05) is 69.5 Å². The lowest BCUT2D eigenvalue weighted by Gasteiger charge is -2.24. The molecule has 2 aromatic carbocycles. The molecule has 3 heteroatoms. The molecule has 3 rings (SSSR count). The van der Waals surface area contributed by atoms with Gasteiger partial charge in [-0.2, -0.15) is 0 Å². The lowest BCUT2D eigenvalue weighted by molar-refractivity contribution is 0.443. The molecule has 2 aromatic rings. The van der Waals surface area contributed by atoms with E-state index in [0.717, 1.165) is 42.3 Å². The van der Waals surface area contributed by atoms with Gasteiger partial charge in [-0.3, -0.25) is 0 Å². The molecule has 1 aliphatic carbocycles. The van der Waals surface area contributed by atoms with Crippen molar-refractivity contribution in [3.63, 3.8) is 0 Å². The maximum atomic E-state index is 4.23. The molecule has 0 saturated heterocycles. The van der Waals surface area contributed by atoms with Crippen molar-refractivity contribution in [1.29, 1.82) is 0 Å². The summed E-state index contributed by atoms with van der Waals surface area (Å²) < 4.78 is 0. The number of hydrogen-bond acceptors (Lipinski definition) is 3. The molecule has 2 N–H and O–H groups in total. The SMILES string of the molecule is C=C(Nc1ccc(C(=C)N(CC)CC)cc1)NC(C)C1=Cc2ccccc2C1.CC. The van der Waals surface area contributed by atoms with Crippen LogP contribution in [-0.2, 0) is 6.42 Å². The van der Waals surface area contributed by atoms with Gasteiger partial charge in [-0.15, -0.1) is 0 Å². The van der Waals surface area contributed by atoms with Crippen LogP contribution in [0.25, 0.3) is 11.8 Å². The Bertz CT molecular complexity index is 873. The average molecular weight is 404 g/mol. The van der Waals surface area contributed by atoms with Crippen LogP contribution in [0.4, 0.5) is 5.69 Å². The minimum absolute atomic E-state index is 0.231. The molecule has 1 atom stereocenters. The maximum absolute atomic E-state index is 4.23. The largest absolute Gasteiger partial charge is 0.372 e. The molecule has 1 aliphatic rings. The molecule has 0 spiro atoms. The monoisotopic (exact) mass is 403 g/mol. The van der Waals surface area contributed by atoms with Crippen LogP contribution in [0.5, 0.6) is 0 Å². The zero-order valence-electron chi connectivity index (χ0n) is 19.3. The van der Waals surface area contributed by atoms with Crippen molar-refractivity contribution in [2.24, 2.45) is 0 Å². The quantitative estimate of drug-likeness (QED) is 0.499. The van der Waals surface area contributed by atoms with Gasteiger partial charge in [0.05, 0.1) is 5.82 Å². The topological polar surface area (TPSA) is 27.3 Å². The molecule has 0 radical (unpaired) electrons. The third-order valence-electron chi connectivity index (χ3n) is 5.40. The highest BCUT2D eigenvalue weighted by Gasteiger charge is 2.17. The fourth-order valence-electron chi connectivity index (χ4n) is 3.68. The van der Waals surface area contributed by atoms with Crippen LogP contribution in [0.2, 0.25) is 0 Å². The Morgan fingerprint density at radius 1 is 1.00 bits per heavy atom. The van der Waals surface area contributed by atoms with Gasteiger partial charge in [0, 0.05) is 30.5 Å². The van der Waals surface area contributed by atoms with E-state index in [1.807, 2.05) is 13.8 Å². The van der Waals surface area contributed by atoms with E-state index in [-0.39, 0.29) is 6.04 Å². The number of anilines is 1. The Balaban J connectivity index is 0.00000155. The molecule has 0 saturated carbocycles. The predicted molar refractivity (Wildman–Crippen MR) is 133 cm³/mol. The van der Waals surface area contributed by atoms with Gasteiger partial charge >= 0.3 is 0 Å². The summed E-state index contributed by atoms with van der Waals surface area (Å²) in [6, 6.07) is 17.2. The van der Waals surface area contributed by atoms with Gasteiger partial charge < -0.3 is 15.5 Å². The fourth-order valence-corrected chi connectivity index (χ4v) is 3.68. The van der Waals surface area contributed by atoms with E-state index in [9.17, 15) is 0 Å². The summed E-state index contributed by atoms with van der Waals surface area (Å²) in [5.74, 6) is 0.805. The van der Waals surface area contributed by atoms with Crippen LogP contribution in [0.15, 0.2) is 73.1 Å². The molecule has 0 bridgehead atoms. The van der Waals surface area contributed by atoms with Gasteiger partial charge in [-0.05, 0) is 61.6 Å². The van der Waals surface area contributed by atoms with E-state index in [2.05, 4.69) is 104 Å². The van der Waals surface area contributed by atoms with E-state index in [1.54, 1.807) is 0 Å². The number of nitrogens with one attached hydrogen (secondary N) is 2. The first kappa shape index (κ1) is 23.3. The third kappa shape index (κ3) is 5.79.